The van der Waals surface area contributed by atoms with Gasteiger partial charge in [-0.1, -0.05) is 24.3 Å². The van der Waals surface area contributed by atoms with E-state index < -0.39 is 5.97 Å². The largest absolute Gasteiger partial charge is 0.481 e. The Kier molecular flexibility index (Phi) is 7.06. The molecule has 1 heterocycles. The first-order chi connectivity index (χ1) is 9.60. The molecule has 1 fully saturated rings. The van der Waals surface area contributed by atoms with E-state index in [2.05, 4.69) is 6.92 Å². The minimum absolute atomic E-state index is 0. The molecule has 1 aliphatic rings. The van der Waals surface area contributed by atoms with Crippen molar-refractivity contribution in [2.75, 3.05) is 13.1 Å². The smallest absolute Gasteiger partial charge is 0.307 e. The van der Waals surface area contributed by atoms with Crippen molar-refractivity contribution in [3.63, 3.8) is 0 Å². The molecule has 1 aromatic carbocycles. The molecule has 0 bridgehead atoms. The summed E-state index contributed by atoms with van der Waals surface area (Å²) in [5, 5.41) is 12.5. The number of carboxylic acid groups (broad SMARTS) is 1. The van der Waals surface area contributed by atoms with Crippen LogP contribution in [-0.2, 0) is 43.6 Å². The molecule has 21 heavy (non-hydrogen) atoms. The Labute approximate surface area is 139 Å². The Hall–Kier alpha value is -1.19. The van der Waals surface area contributed by atoms with E-state index in [4.69, 9.17) is 5.11 Å². The zero-order valence-corrected chi connectivity index (χ0v) is 14.8. The van der Waals surface area contributed by atoms with Gasteiger partial charge < -0.3 is 12.0 Å². The van der Waals surface area contributed by atoms with Crippen LogP contribution in [0.2, 0.25) is 0 Å². The predicted molar refractivity (Wildman–Crippen MR) is 74.5 cm³/mol. The zero-order valence-electron chi connectivity index (χ0n) is 11.8. The number of hydrogen-bond acceptors (Lipinski definition) is 3. The molecule has 0 atom stereocenters. The van der Waals surface area contributed by atoms with Crippen LogP contribution >= 0.6 is 0 Å². The Morgan fingerprint density at radius 1 is 1.33 bits per heavy atom. The standard InChI is InChI=1S/C15H19N2O3.W/c1-2-16-8-4-7-14(18)17(16)11-13-6-3-5-12(9-13)10-15(19)20;/h3,5-6,9H,1-2,4,7-8,10-11H2,(H,19,20);/q-1;. The molecule has 0 spiro atoms. The normalized spacial score (nSPS) is 15.7. The maximum atomic E-state index is 12.0. The van der Waals surface area contributed by atoms with Gasteiger partial charge in [0.1, 0.15) is 0 Å². The number of hydrogen-bond donors (Lipinski definition) is 1. The molecular weight excluding hydrogens is 440 g/mol. The third-order valence-electron chi connectivity index (χ3n) is 3.37. The van der Waals surface area contributed by atoms with Gasteiger partial charge in [-0.15, -0.1) is 6.54 Å². The van der Waals surface area contributed by atoms with Crippen molar-refractivity contribution < 1.29 is 35.8 Å². The summed E-state index contributed by atoms with van der Waals surface area (Å²) in [7, 11) is 0. The molecule has 0 radical (unpaired) electrons. The summed E-state index contributed by atoms with van der Waals surface area (Å²) in [6.45, 7) is 5.71. The number of carbonyl (C=O) groups is 2. The van der Waals surface area contributed by atoms with E-state index in [9.17, 15) is 9.59 Å². The maximum Gasteiger partial charge on any atom is 0.307 e. The minimum atomic E-state index is -0.851. The molecule has 0 aliphatic carbocycles. The predicted octanol–water partition coefficient (Wildman–Crippen LogP) is 1.48. The molecule has 1 N–H and O–H groups in total. The first-order valence-electron chi connectivity index (χ1n) is 6.74. The summed E-state index contributed by atoms with van der Waals surface area (Å²) in [5.74, 6) is -0.751. The molecule has 114 valence electrons. The van der Waals surface area contributed by atoms with Gasteiger partial charge in [0, 0.05) is 34.0 Å². The van der Waals surface area contributed by atoms with Crippen LogP contribution in [0.5, 0.6) is 0 Å². The first kappa shape index (κ1) is 17.9. The summed E-state index contributed by atoms with van der Waals surface area (Å²) >= 11 is 0. The monoisotopic (exact) mass is 459 g/mol. The molecule has 2 rings (SSSR count). The Balaban J connectivity index is 0.00000220. The van der Waals surface area contributed by atoms with E-state index in [1.165, 1.54) is 0 Å². The maximum absolute atomic E-state index is 12.0. The van der Waals surface area contributed by atoms with Crippen LogP contribution in [0.25, 0.3) is 0 Å². The fraction of sp³-hybridized carbons (Fsp3) is 0.400. The van der Waals surface area contributed by atoms with E-state index in [0.717, 1.165) is 24.1 Å². The van der Waals surface area contributed by atoms with Crippen molar-refractivity contribution in [2.24, 2.45) is 0 Å². The summed E-state index contributed by atoms with van der Waals surface area (Å²) < 4.78 is 0. The van der Waals surface area contributed by atoms with E-state index in [0.29, 0.717) is 19.5 Å². The molecule has 1 aliphatic heterocycles. The van der Waals surface area contributed by atoms with Gasteiger partial charge in [0.15, 0.2) is 0 Å². The van der Waals surface area contributed by atoms with Gasteiger partial charge >= 0.3 is 5.97 Å². The SMILES string of the molecule is [CH2-]CN1CCCC(=O)N1Cc1cccc(CC(=O)O)c1.[W]. The number of amides is 1. The van der Waals surface area contributed by atoms with Crippen molar-refractivity contribution in [1.29, 1.82) is 0 Å². The molecule has 0 aromatic heterocycles. The van der Waals surface area contributed by atoms with Crippen molar-refractivity contribution in [2.45, 2.75) is 25.8 Å². The van der Waals surface area contributed by atoms with Crippen LogP contribution in [0.15, 0.2) is 24.3 Å². The number of rotatable bonds is 5. The first-order valence-corrected chi connectivity index (χ1v) is 6.74. The van der Waals surface area contributed by atoms with Crippen LogP contribution in [0, 0.1) is 6.92 Å². The molecule has 5 nitrogen and oxygen atoms in total. The van der Waals surface area contributed by atoms with E-state index in [1.54, 1.807) is 11.1 Å². The molecule has 0 saturated carbocycles. The number of nitrogens with zero attached hydrogens (tertiary/aromatic N) is 2. The fourth-order valence-corrected chi connectivity index (χ4v) is 2.43. The van der Waals surface area contributed by atoms with E-state index in [1.807, 2.05) is 23.2 Å². The number of carbonyl (C=O) groups excluding carboxylic acids is 1. The van der Waals surface area contributed by atoms with Gasteiger partial charge in [0.25, 0.3) is 0 Å². The van der Waals surface area contributed by atoms with Gasteiger partial charge in [-0.25, -0.2) is 5.01 Å². The Morgan fingerprint density at radius 3 is 2.71 bits per heavy atom. The van der Waals surface area contributed by atoms with Crippen LogP contribution in [0.4, 0.5) is 0 Å². The second-order valence-corrected chi connectivity index (χ2v) is 4.90. The zero-order chi connectivity index (χ0) is 14.5. The summed E-state index contributed by atoms with van der Waals surface area (Å²) in [4.78, 5) is 22.7. The number of hydrazine groups is 1. The van der Waals surface area contributed by atoms with Gasteiger partial charge in [-0.05, 0) is 17.5 Å². The molecule has 0 unspecified atom stereocenters. The second-order valence-electron chi connectivity index (χ2n) is 4.90. The van der Waals surface area contributed by atoms with Crippen LogP contribution in [0.3, 0.4) is 0 Å². The second kappa shape index (κ2) is 8.30. The van der Waals surface area contributed by atoms with Crippen LogP contribution < -0.4 is 0 Å². The average molecular weight is 459 g/mol. The van der Waals surface area contributed by atoms with Gasteiger partial charge in [-0.2, -0.15) is 0 Å². The van der Waals surface area contributed by atoms with Crippen LogP contribution in [0.1, 0.15) is 24.0 Å². The van der Waals surface area contributed by atoms with Crippen LogP contribution in [-0.4, -0.2) is 40.1 Å². The molecular formula is C15H19N2O3W-. The molecule has 1 amide bonds. The number of carboxylic acids is 1. The van der Waals surface area contributed by atoms with E-state index in [-0.39, 0.29) is 33.4 Å². The molecule has 1 saturated heterocycles. The minimum Gasteiger partial charge on any atom is -0.481 e. The molecule has 6 heteroatoms. The van der Waals surface area contributed by atoms with Crippen molar-refractivity contribution >= 4 is 11.9 Å². The average Bonchev–Trinajstić information content (AvgIpc) is 2.41. The quantitative estimate of drug-likeness (QED) is 0.679. The third kappa shape index (κ3) is 4.94. The Bertz CT molecular complexity index is 507. The van der Waals surface area contributed by atoms with Crippen molar-refractivity contribution in [3.05, 3.63) is 42.3 Å². The summed E-state index contributed by atoms with van der Waals surface area (Å²) in [6.07, 6.45) is 1.43. The number of benzene rings is 1. The molecule has 1 aromatic rings. The third-order valence-corrected chi connectivity index (χ3v) is 3.37. The van der Waals surface area contributed by atoms with Crippen molar-refractivity contribution in [1.82, 2.24) is 10.0 Å². The number of aliphatic carboxylic acids is 1. The Morgan fingerprint density at radius 2 is 2.05 bits per heavy atom. The summed E-state index contributed by atoms with van der Waals surface area (Å²) in [6, 6.07) is 7.37. The van der Waals surface area contributed by atoms with E-state index >= 15 is 0 Å². The van der Waals surface area contributed by atoms with Gasteiger partial charge in [0.2, 0.25) is 5.91 Å². The summed E-state index contributed by atoms with van der Waals surface area (Å²) in [5.41, 5.74) is 1.69. The van der Waals surface area contributed by atoms with Crippen molar-refractivity contribution in [3.8, 4) is 0 Å². The topological polar surface area (TPSA) is 60.9 Å². The van der Waals surface area contributed by atoms with Gasteiger partial charge in [0.05, 0.1) is 13.0 Å². The fourth-order valence-electron chi connectivity index (χ4n) is 2.43. The van der Waals surface area contributed by atoms with Gasteiger partial charge in [-0.3, -0.25) is 14.6 Å².